The number of benzene rings is 1. The predicted octanol–water partition coefficient (Wildman–Crippen LogP) is 3.09. The molecule has 0 saturated heterocycles. The molecule has 1 aromatic heterocycles. The minimum Gasteiger partial charge on any atom is -0.454 e. The normalized spacial score (nSPS) is 20.1. The van der Waals surface area contributed by atoms with Gasteiger partial charge in [-0.15, -0.1) is 5.10 Å². The summed E-state index contributed by atoms with van der Waals surface area (Å²) in [6.45, 7) is 6.57. The van der Waals surface area contributed by atoms with Gasteiger partial charge in [0.1, 0.15) is 12.1 Å². The van der Waals surface area contributed by atoms with E-state index in [9.17, 15) is 9.59 Å². The van der Waals surface area contributed by atoms with Gasteiger partial charge in [-0.1, -0.05) is 44.5 Å². The first-order valence-corrected chi connectivity index (χ1v) is 10.1. The molecule has 2 aromatic rings. The van der Waals surface area contributed by atoms with Gasteiger partial charge < -0.3 is 10.1 Å². The van der Waals surface area contributed by atoms with E-state index in [1.807, 2.05) is 24.3 Å². The second-order valence-electron chi connectivity index (χ2n) is 8.35. The van der Waals surface area contributed by atoms with Crippen molar-refractivity contribution >= 4 is 22.9 Å². The number of nitrogens with one attached hydrogen (secondary N) is 1. The lowest BCUT2D eigenvalue weighted by Gasteiger charge is -2.39. The highest BCUT2D eigenvalue weighted by Gasteiger charge is 2.32. The second kappa shape index (κ2) is 8.71. The molecule has 7 nitrogen and oxygen atoms in total. The van der Waals surface area contributed by atoms with Crippen LogP contribution in [0.15, 0.2) is 24.3 Å². The average molecular weight is 386 g/mol. The van der Waals surface area contributed by atoms with E-state index in [-0.39, 0.29) is 25.1 Å². The summed E-state index contributed by atoms with van der Waals surface area (Å²) in [7, 11) is 0. The minimum absolute atomic E-state index is 0.0645. The molecule has 0 aliphatic heterocycles. The van der Waals surface area contributed by atoms with E-state index in [4.69, 9.17) is 4.74 Å². The summed E-state index contributed by atoms with van der Waals surface area (Å²) in [5, 5.41) is 11.0. The van der Waals surface area contributed by atoms with Crippen LogP contribution in [-0.4, -0.2) is 39.5 Å². The highest BCUT2D eigenvalue weighted by Crippen LogP contribution is 2.40. The van der Waals surface area contributed by atoms with E-state index < -0.39 is 5.97 Å². The molecule has 0 radical (unpaired) electrons. The van der Waals surface area contributed by atoms with Gasteiger partial charge in [0.05, 0.1) is 5.52 Å². The molecule has 152 valence electrons. The Kier molecular flexibility index (Phi) is 6.31. The number of carbonyl (C=O) groups excluding carboxylic acids is 2. The lowest BCUT2D eigenvalue weighted by molar-refractivity contribution is -0.149. The zero-order valence-electron chi connectivity index (χ0n) is 17.0. The van der Waals surface area contributed by atoms with E-state index in [1.165, 1.54) is 11.1 Å². The molecule has 1 fully saturated rings. The topological polar surface area (TPSA) is 86.1 Å². The standard InChI is InChI=1S/C21H30N4O3/c1-4-21(2,3)15-9-11-16(12-10-15)22-19(26)14-28-20(27)13-25-18-8-6-5-7-17(18)23-24-25/h5-8,15-16H,4,9-14H2,1-3H3,(H,22,26). The van der Waals surface area contributed by atoms with E-state index in [0.29, 0.717) is 11.3 Å². The van der Waals surface area contributed by atoms with Crippen molar-refractivity contribution < 1.29 is 14.3 Å². The number of para-hydroxylation sites is 1. The largest absolute Gasteiger partial charge is 0.454 e. The Bertz CT molecular complexity index is 822. The van der Waals surface area contributed by atoms with Crippen LogP contribution in [0.4, 0.5) is 0 Å². The molecule has 1 aliphatic carbocycles. The summed E-state index contributed by atoms with van der Waals surface area (Å²) in [4.78, 5) is 24.2. The van der Waals surface area contributed by atoms with Gasteiger partial charge in [0.25, 0.3) is 5.91 Å². The number of rotatable bonds is 7. The number of hydrogen-bond donors (Lipinski definition) is 1. The SMILES string of the molecule is CCC(C)(C)C1CCC(NC(=O)COC(=O)Cn2nnc3ccccc32)CC1. The van der Waals surface area contributed by atoms with Crippen molar-refractivity contribution in [2.45, 2.75) is 65.5 Å². The molecule has 1 aliphatic rings. The number of carbonyl (C=O) groups is 2. The highest BCUT2D eigenvalue weighted by molar-refractivity contribution is 5.81. The first-order valence-electron chi connectivity index (χ1n) is 10.1. The fourth-order valence-corrected chi connectivity index (χ4v) is 3.93. The predicted molar refractivity (Wildman–Crippen MR) is 106 cm³/mol. The molecule has 7 heteroatoms. The zero-order chi connectivity index (χ0) is 20.1. The Morgan fingerprint density at radius 1 is 1.21 bits per heavy atom. The van der Waals surface area contributed by atoms with Crippen molar-refractivity contribution in [3.05, 3.63) is 24.3 Å². The van der Waals surface area contributed by atoms with Gasteiger partial charge in [-0.2, -0.15) is 0 Å². The number of fused-ring (bicyclic) bond motifs is 1. The number of hydrogen-bond acceptors (Lipinski definition) is 5. The third-order valence-electron chi connectivity index (χ3n) is 6.17. The van der Waals surface area contributed by atoms with Crippen LogP contribution in [0.5, 0.6) is 0 Å². The third-order valence-corrected chi connectivity index (χ3v) is 6.17. The van der Waals surface area contributed by atoms with Crippen LogP contribution in [0.3, 0.4) is 0 Å². The Labute approximate surface area is 165 Å². The van der Waals surface area contributed by atoms with Crippen molar-refractivity contribution in [2.24, 2.45) is 11.3 Å². The molecular formula is C21H30N4O3. The summed E-state index contributed by atoms with van der Waals surface area (Å²) in [5.41, 5.74) is 1.83. The first-order chi connectivity index (χ1) is 13.4. The van der Waals surface area contributed by atoms with Crippen LogP contribution in [-0.2, 0) is 20.9 Å². The van der Waals surface area contributed by atoms with Crippen LogP contribution >= 0.6 is 0 Å². The smallest absolute Gasteiger partial charge is 0.328 e. The molecule has 1 N–H and O–H groups in total. The van der Waals surface area contributed by atoms with E-state index in [2.05, 4.69) is 36.4 Å². The van der Waals surface area contributed by atoms with Gasteiger partial charge in [-0.3, -0.25) is 9.59 Å². The van der Waals surface area contributed by atoms with Crippen LogP contribution in [0.1, 0.15) is 52.9 Å². The average Bonchev–Trinajstić information content (AvgIpc) is 3.10. The molecule has 1 saturated carbocycles. The van der Waals surface area contributed by atoms with Gasteiger partial charge in [0.15, 0.2) is 6.61 Å². The van der Waals surface area contributed by atoms with E-state index in [1.54, 1.807) is 0 Å². The van der Waals surface area contributed by atoms with Crippen molar-refractivity contribution in [1.29, 1.82) is 0 Å². The Morgan fingerprint density at radius 3 is 2.64 bits per heavy atom. The molecule has 0 bridgehead atoms. The summed E-state index contributed by atoms with van der Waals surface area (Å²) < 4.78 is 6.60. The second-order valence-corrected chi connectivity index (χ2v) is 8.35. The maximum absolute atomic E-state index is 12.1. The molecule has 28 heavy (non-hydrogen) atoms. The Morgan fingerprint density at radius 2 is 1.93 bits per heavy atom. The molecule has 1 amide bonds. The molecular weight excluding hydrogens is 356 g/mol. The van der Waals surface area contributed by atoms with Crippen molar-refractivity contribution in [1.82, 2.24) is 20.3 Å². The minimum atomic E-state index is -0.501. The lowest BCUT2D eigenvalue weighted by atomic mass is 9.69. The zero-order valence-corrected chi connectivity index (χ0v) is 17.0. The first kappa shape index (κ1) is 20.3. The van der Waals surface area contributed by atoms with E-state index in [0.717, 1.165) is 36.7 Å². The highest BCUT2D eigenvalue weighted by atomic mass is 16.5. The quantitative estimate of drug-likeness (QED) is 0.739. The van der Waals surface area contributed by atoms with Crippen LogP contribution in [0, 0.1) is 11.3 Å². The molecule has 0 unspecified atom stereocenters. The summed E-state index contributed by atoms with van der Waals surface area (Å²) in [6, 6.07) is 7.56. The van der Waals surface area contributed by atoms with Gasteiger partial charge in [-0.05, 0) is 49.1 Å². The summed E-state index contributed by atoms with van der Waals surface area (Å²) in [5.74, 6) is -0.0322. The number of amides is 1. The van der Waals surface area contributed by atoms with Crippen LogP contribution in [0.25, 0.3) is 11.0 Å². The van der Waals surface area contributed by atoms with Gasteiger partial charge in [-0.25, -0.2) is 4.68 Å². The summed E-state index contributed by atoms with van der Waals surface area (Å²) >= 11 is 0. The van der Waals surface area contributed by atoms with Crippen molar-refractivity contribution in [3.63, 3.8) is 0 Å². The lowest BCUT2D eigenvalue weighted by Crippen LogP contribution is -2.41. The number of esters is 1. The Balaban J connectivity index is 1.40. The van der Waals surface area contributed by atoms with Gasteiger partial charge >= 0.3 is 5.97 Å². The van der Waals surface area contributed by atoms with Gasteiger partial charge in [0.2, 0.25) is 0 Å². The number of ether oxygens (including phenoxy) is 1. The number of nitrogens with zero attached hydrogens (tertiary/aromatic N) is 3. The maximum atomic E-state index is 12.1. The molecule has 0 atom stereocenters. The fourth-order valence-electron chi connectivity index (χ4n) is 3.93. The van der Waals surface area contributed by atoms with Crippen molar-refractivity contribution in [3.8, 4) is 0 Å². The van der Waals surface area contributed by atoms with Crippen LogP contribution in [0.2, 0.25) is 0 Å². The van der Waals surface area contributed by atoms with Crippen LogP contribution < -0.4 is 5.32 Å². The molecule has 1 aromatic carbocycles. The fraction of sp³-hybridized carbons (Fsp3) is 0.619. The van der Waals surface area contributed by atoms with E-state index >= 15 is 0 Å². The third kappa shape index (κ3) is 4.88. The molecule has 3 rings (SSSR count). The maximum Gasteiger partial charge on any atom is 0.328 e. The number of aromatic nitrogens is 3. The Hall–Kier alpha value is -2.44. The van der Waals surface area contributed by atoms with Gasteiger partial charge in [0, 0.05) is 6.04 Å². The van der Waals surface area contributed by atoms with Crippen molar-refractivity contribution in [2.75, 3.05) is 6.61 Å². The summed E-state index contributed by atoms with van der Waals surface area (Å²) in [6.07, 6.45) is 5.40. The monoisotopic (exact) mass is 386 g/mol. The molecule has 1 heterocycles. The molecule has 0 spiro atoms.